The highest BCUT2D eigenvalue weighted by atomic mass is 35.5. The van der Waals surface area contributed by atoms with Gasteiger partial charge in [0.25, 0.3) is 0 Å². The van der Waals surface area contributed by atoms with Crippen LogP contribution in [-0.4, -0.2) is 31.7 Å². The maximum atomic E-state index is 13.4. The molecule has 1 atom stereocenters. The fourth-order valence-electron chi connectivity index (χ4n) is 5.63. The van der Waals surface area contributed by atoms with Crippen LogP contribution in [0, 0.1) is 0 Å². The van der Waals surface area contributed by atoms with Crippen LogP contribution in [0.5, 0.6) is 0 Å². The average molecular weight is 612 g/mol. The molecule has 0 spiro atoms. The maximum Gasteiger partial charge on any atom is 0.326 e. The molecule has 9 heteroatoms. The zero-order valence-electron chi connectivity index (χ0n) is 21.4. The van der Waals surface area contributed by atoms with E-state index in [0.29, 0.717) is 33.7 Å². The first-order valence-corrected chi connectivity index (χ1v) is 14.6. The van der Waals surface area contributed by atoms with Gasteiger partial charge < -0.3 is 15.5 Å². The number of carbonyl (C=O) groups excluding carboxylic acids is 1. The minimum Gasteiger partial charge on any atom is -0.364 e. The standard InChI is InChI=1S/C31H26Cl4N4O/c32-24-7-2-1-6-21(24)22-15-19(14-20-17-36-12-13-38(20)28-11-4-3-8-25(28)33)16-29-23(22)18-37-31(40)39(29)30-26(34)9-5-10-27(30)35/h1-11,15-16,20,36H,12-14,17-18H2,(H,37,40). The number of hydrogen-bond donors (Lipinski definition) is 2. The lowest BCUT2D eigenvalue weighted by atomic mass is 9.91. The number of benzene rings is 4. The molecule has 2 amide bonds. The van der Waals surface area contributed by atoms with Gasteiger partial charge in [0.15, 0.2) is 0 Å². The normalized spacial score (nSPS) is 17.0. The first kappa shape index (κ1) is 27.3. The smallest absolute Gasteiger partial charge is 0.326 e. The van der Waals surface area contributed by atoms with Gasteiger partial charge >= 0.3 is 6.03 Å². The Balaban J connectivity index is 1.50. The molecule has 0 aromatic heterocycles. The first-order valence-electron chi connectivity index (χ1n) is 13.1. The monoisotopic (exact) mass is 610 g/mol. The molecule has 6 rings (SSSR count). The third-order valence-corrected chi connectivity index (χ3v) is 8.71. The number of nitrogens with one attached hydrogen (secondary N) is 2. The predicted octanol–water partition coefficient (Wildman–Crippen LogP) is 8.35. The van der Waals surface area contributed by atoms with Crippen LogP contribution in [0.1, 0.15) is 11.1 Å². The molecular weight excluding hydrogens is 586 g/mol. The summed E-state index contributed by atoms with van der Waals surface area (Å²) in [5.41, 5.74) is 6.05. The summed E-state index contributed by atoms with van der Waals surface area (Å²) in [6.07, 6.45) is 0.717. The van der Waals surface area contributed by atoms with Crippen LogP contribution >= 0.6 is 46.4 Å². The second-order valence-electron chi connectivity index (χ2n) is 9.89. The van der Waals surface area contributed by atoms with Crippen molar-refractivity contribution in [3.8, 4) is 11.1 Å². The van der Waals surface area contributed by atoms with E-state index in [1.807, 2.05) is 42.5 Å². The van der Waals surface area contributed by atoms with Crippen molar-refractivity contribution in [1.29, 1.82) is 0 Å². The number of para-hydroxylation sites is 2. The lowest BCUT2D eigenvalue weighted by Gasteiger charge is -2.39. The quantitative estimate of drug-likeness (QED) is 0.238. The van der Waals surface area contributed by atoms with Gasteiger partial charge in [-0.2, -0.15) is 0 Å². The van der Waals surface area contributed by atoms with E-state index in [1.165, 1.54) is 0 Å². The fraction of sp³-hybridized carbons (Fsp3) is 0.194. The number of carbonyl (C=O) groups is 1. The Labute approximate surface area is 253 Å². The Bertz CT molecular complexity index is 1570. The molecule has 40 heavy (non-hydrogen) atoms. The number of nitrogens with zero attached hydrogens (tertiary/aromatic N) is 2. The van der Waals surface area contributed by atoms with Gasteiger partial charge in [-0.15, -0.1) is 0 Å². The van der Waals surface area contributed by atoms with Gasteiger partial charge in [0.05, 0.1) is 32.1 Å². The summed E-state index contributed by atoms with van der Waals surface area (Å²) >= 11 is 26.6. The minimum absolute atomic E-state index is 0.139. The number of urea groups is 1. The van der Waals surface area contributed by atoms with Gasteiger partial charge in [-0.3, -0.25) is 4.90 Å². The largest absolute Gasteiger partial charge is 0.364 e. The Hall–Kier alpha value is -2.93. The van der Waals surface area contributed by atoms with Crippen molar-refractivity contribution in [3.63, 3.8) is 0 Å². The zero-order valence-corrected chi connectivity index (χ0v) is 24.5. The van der Waals surface area contributed by atoms with E-state index >= 15 is 0 Å². The lowest BCUT2D eigenvalue weighted by molar-refractivity contribution is 0.247. The van der Waals surface area contributed by atoms with Gasteiger partial charge in [-0.1, -0.05) is 88.9 Å². The second kappa shape index (κ2) is 11.5. The molecule has 0 radical (unpaired) electrons. The Kier molecular flexibility index (Phi) is 7.84. The van der Waals surface area contributed by atoms with E-state index in [1.54, 1.807) is 23.1 Å². The maximum absolute atomic E-state index is 13.4. The predicted molar refractivity (Wildman–Crippen MR) is 167 cm³/mol. The van der Waals surface area contributed by atoms with Crippen LogP contribution in [0.15, 0.2) is 78.9 Å². The molecule has 2 aliphatic rings. The Morgan fingerprint density at radius 2 is 1.48 bits per heavy atom. The molecular formula is C31H26Cl4N4O. The van der Waals surface area contributed by atoms with Crippen LogP contribution in [0.2, 0.25) is 20.1 Å². The number of piperazine rings is 1. The van der Waals surface area contributed by atoms with Gasteiger partial charge in [0, 0.05) is 48.4 Å². The molecule has 2 heterocycles. The lowest BCUT2D eigenvalue weighted by Crippen LogP contribution is -2.52. The summed E-state index contributed by atoms with van der Waals surface area (Å²) in [7, 11) is 0. The molecule has 1 saturated heterocycles. The molecule has 0 aliphatic carbocycles. The van der Waals surface area contributed by atoms with E-state index in [2.05, 4.69) is 33.7 Å². The molecule has 204 valence electrons. The molecule has 0 saturated carbocycles. The summed E-state index contributed by atoms with van der Waals surface area (Å²) in [4.78, 5) is 17.3. The Morgan fingerprint density at radius 3 is 2.23 bits per heavy atom. The number of rotatable bonds is 5. The molecule has 4 aromatic rings. The van der Waals surface area contributed by atoms with Crippen molar-refractivity contribution in [2.75, 3.05) is 29.4 Å². The van der Waals surface area contributed by atoms with Crippen molar-refractivity contribution in [3.05, 3.63) is 110 Å². The first-order chi connectivity index (χ1) is 19.4. The van der Waals surface area contributed by atoms with Crippen molar-refractivity contribution in [1.82, 2.24) is 10.6 Å². The summed E-state index contributed by atoms with van der Waals surface area (Å²) in [6.45, 7) is 2.85. The van der Waals surface area contributed by atoms with Crippen molar-refractivity contribution >= 4 is 69.5 Å². The summed E-state index contributed by atoms with van der Waals surface area (Å²) in [6, 6.07) is 25.1. The summed E-state index contributed by atoms with van der Waals surface area (Å²) in [5.74, 6) is 0. The Morgan fingerprint density at radius 1 is 0.775 bits per heavy atom. The van der Waals surface area contributed by atoms with Gasteiger partial charge in [-0.05, 0) is 53.9 Å². The van der Waals surface area contributed by atoms with Gasteiger partial charge in [0.2, 0.25) is 0 Å². The van der Waals surface area contributed by atoms with E-state index < -0.39 is 0 Å². The average Bonchev–Trinajstić information content (AvgIpc) is 2.95. The number of amides is 2. The van der Waals surface area contributed by atoms with Crippen LogP contribution in [0.25, 0.3) is 11.1 Å². The topological polar surface area (TPSA) is 47.6 Å². The number of halogens is 4. The van der Waals surface area contributed by atoms with Crippen molar-refractivity contribution in [2.45, 2.75) is 19.0 Å². The van der Waals surface area contributed by atoms with Crippen LogP contribution < -0.4 is 20.4 Å². The van der Waals surface area contributed by atoms with Crippen molar-refractivity contribution in [2.24, 2.45) is 0 Å². The highest BCUT2D eigenvalue weighted by Crippen LogP contribution is 2.45. The number of hydrogen-bond acceptors (Lipinski definition) is 3. The van der Waals surface area contributed by atoms with Crippen LogP contribution in [0.3, 0.4) is 0 Å². The highest BCUT2D eigenvalue weighted by Gasteiger charge is 2.32. The third kappa shape index (κ3) is 5.13. The van der Waals surface area contributed by atoms with Crippen molar-refractivity contribution < 1.29 is 4.79 Å². The molecule has 5 nitrogen and oxygen atoms in total. The molecule has 1 unspecified atom stereocenters. The molecule has 2 aliphatic heterocycles. The van der Waals surface area contributed by atoms with E-state index in [0.717, 1.165) is 58.3 Å². The number of fused-ring (bicyclic) bond motifs is 1. The van der Waals surface area contributed by atoms with E-state index in [9.17, 15) is 4.79 Å². The zero-order chi connectivity index (χ0) is 27.8. The van der Waals surface area contributed by atoms with Crippen LogP contribution in [0.4, 0.5) is 21.9 Å². The second-order valence-corrected chi connectivity index (χ2v) is 11.5. The van der Waals surface area contributed by atoms with E-state index in [4.69, 9.17) is 46.4 Å². The third-order valence-electron chi connectivity index (χ3n) is 7.46. The molecule has 4 aromatic carbocycles. The summed E-state index contributed by atoms with van der Waals surface area (Å²) in [5, 5.41) is 8.68. The fourth-order valence-corrected chi connectivity index (χ4v) is 6.68. The van der Waals surface area contributed by atoms with Gasteiger partial charge in [0.1, 0.15) is 0 Å². The minimum atomic E-state index is -0.290. The number of anilines is 3. The van der Waals surface area contributed by atoms with Gasteiger partial charge in [-0.25, -0.2) is 4.79 Å². The van der Waals surface area contributed by atoms with Crippen LogP contribution in [-0.2, 0) is 13.0 Å². The molecule has 1 fully saturated rings. The highest BCUT2D eigenvalue weighted by molar-refractivity contribution is 6.40. The summed E-state index contributed by atoms with van der Waals surface area (Å²) < 4.78 is 0. The van der Waals surface area contributed by atoms with E-state index in [-0.39, 0.29) is 12.1 Å². The molecule has 2 N–H and O–H groups in total. The SMILES string of the molecule is O=C1NCc2c(-c3ccccc3Cl)cc(CC3CNCCN3c3ccccc3Cl)cc2N1c1c(Cl)cccc1Cl. The molecule has 0 bridgehead atoms.